The van der Waals surface area contributed by atoms with Crippen molar-refractivity contribution in [3.8, 4) is 11.4 Å². The highest BCUT2D eigenvalue weighted by atomic mass is 16.5. The Bertz CT molecular complexity index is 729. The molecule has 2 fully saturated rings. The van der Waals surface area contributed by atoms with Gasteiger partial charge in [0, 0.05) is 0 Å². The van der Waals surface area contributed by atoms with Crippen molar-refractivity contribution in [1.82, 2.24) is 25.1 Å². The monoisotopic (exact) mass is 355 g/mol. The van der Waals surface area contributed by atoms with E-state index in [1.807, 2.05) is 28.9 Å². The van der Waals surface area contributed by atoms with Gasteiger partial charge >= 0.3 is 0 Å². The van der Waals surface area contributed by atoms with Gasteiger partial charge in [0.25, 0.3) is 0 Å². The molecule has 1 aliphatic carbocycles. The third kappa shape index (κ3) is 3.00. The largest absolute Gasteiger partial charge is 0.494 e. The quantitative estimate of drug-likeness (QED) is 0.839. The van der Waals surface area contributed by atoms with Crippen LogP contribution in [0.1, 0.15) is 57.7 Å². The lowest BCUT2D eigenvalue weighted by Gasteiger charge is -2.48. The smallest absolute Gasteiger partial charge is 0.177 e. The van der Waals surface area contributed by atoms with Crippen LogP contribution in [-0.4, -0.2) is 45.3 Å². The molecule has 0 bridgehead atoms. The predicted octanol–water partition coefficient (Wildman–Crippen LogP) is 3.56. The van der Waals surface area contributed by atoms with Crippen LogP contribution in [0.2, 0.25) is 0 Å². The van der Waals surface area contributed by atoms with Crippen molar-refractivity contribution in [3.63, 3.8) is 0 Å². The number of rotatable bonds is 4. The van der Waals surface area contributed by atoms with Crippen molar-refractivity contribution in [2.45, 2.75) is 57.4 Å². The van der Waals surface area contributed by atoms with Crippen molar-refractivity contribution in [3.05, 3.63) is 30.1 Å². The fourth-order valence-corrected chi connectivity index (χ4v) is 4.69. The van der Waals surface area contributed by atoms with Crippen LogP contribution < -0.4 is 4.74 Å². The molecule has 4 rings (SSSR count). The number of nitrogens with zero attached hydrogens (tertiary/aromatic N) is 5. The molecule has 6 nitrogen and oxygen atoms in total. The lowest BCUT2D eigenvalue weighted by atomic mass is 9.74. The third-order valence-electron chi connectivity index (χ3n) is 6.26. The molecule has 0 spiro atoms. The molecule has 1 aromatic heterocycles. The number of likely N-dealkylation sites (tertiary alicyclic amines) is 1. The van der Waals surface area contributed by atoms with Crippen molar-refractivity contribution >= 4 is 0 Å². The van der Waals surface area contributed by atoms with Crippen LogP contribution in [0.25, 0.3) is 5.69 Å². The van der Waals surface area contributed by atoms with E-state index < -0.39 is 0 Å². The van der Waals surface area contributed by atoms with E-state index in [4.69, 9.17) is 4.74 Å². The molecule has 2 aromatic rings. The van der Waals surface area contributed by atoms with Crippen LogP contribution in [-0.2, 0) is 5.54 Å². The van der Waals surface area contributed by atoms with E-state index in [1.165, 1.54) is 32.1 Å². The summed E-state index contributed by atoms with van der Waals surface area (Å²) >= 11 is 0. The van der Waals surface area contributed by atoms with Gasteiger partial charge < -0.3 is 4.74 Å². The zero-order valence-electron chi connectivity index (χ0n) is 15.9. The standard InChI is InChI=1S/C20H29N5O/c1-16-10-12-20(13-11-16,24-14-6-3-7-15-24)19-21-22-23-25(19)17-8-4-5-9-18(17)26-2/h4-5,8-9,16H,3,6-7,10-15H2,1-2H3. The highest BCUT2D eigenvalue weighted by molar-refractivity contribution is 5.46. The summed E-state index contributed by atoms with van der Waals surface area (Å²) < 4.78 is 7.50. The summed E-state index contributed by atoms with van der Waals surface area (Å²) in [6.07, 6.45) is 8.60. The van der Waals surface area contributed by atoms with Gasteiger partial charge in [-0.15, -0.1) is 5.10 Å². The number of ether oxygens (including phenoxy) is 1. The van der Waals surface area contributed by atoms with Crippen LogP contribution in [0, 0.1) is 5.92 Å². The summed E-state index contributed by atoms with van der Waals surface area (Å²) in [4.78, 5) is 2.67. The average molecular weight is 355 g/mol. The number of methoxy groups -OCH3 is 1. The van der Waals surface area contributed by atoms with Gasteiger partial charge in [-0.25, -0.2) is 0 Å². The highest BCUT2D eigenvalue weighted by Crippen LogP contribution is 2.45. The van der Waals surface area contributed by atoms with E-state index in [-0.39, 0.29) is 5.54 Å². The minimum absolute atomic E-state index is 0.0583. The van der Waals surface area contributed by atoms with E-state index in [2.05, 4.69) is 27.3 Å². The molecule has 1 saturated heterocycles. The second-order valence-corrected chi connectivity index (χ2v) is 7.85. The van der Waals surface area contributed by atoms with Gasteiger partial charge in [-0.3, -0.25) is 4.90 Å². The first kappa shape index (κ1) is 17.5. The number of aromatic nitrogens is 4. The summed E-state index contributed by atoms with van der Waals surface area (Å²) in [7, 11) is 1.70. The molecule has 1 aliphatic heterocycles. The zero-order valence-corrected chi connectivity index (χ0v) is 15.9. The maximum absolute atomic E-state index is 5.58. The highest BCUT2D eigenvalue weighted by Gasteiger charge is 2.45. The van der Waals surface area contributed by atoms with E-state index in [0.717, 1.165) is 49.1 Å². The molecule has 1 saturated carbocycles. The molecule has 26 heavy (non-hydrogen) atoms. The van der Waals surface area contributed by atoms with Crippen LogP contribution in [0.15, 0.2) is 24.3 Å². The minimum Gasteiger partial charge on any atom is -0.494 e. The Balaban J connectivity index is 1.79. The number of hydrogen-bond donors (Lipinski definition) is 0. The summed E-state index contributed by atoms with van der Waals surface area (Å²) in [5, 5.41) is 13.0. The molecule has 6 heteroatoms. The molecule has 0 amide bonds. The molecule has 2 aliphatic rings. The molecule has 140 valence electrons. The first-order chi connectivity index (χ1) is 12.7. The topological polar surface area (TPSA) is 56.1 Å². The number of para-hydroxylation sites is 2. The van der Waals surface area contributed by atoms with Crippen molar-refractivity contribution in [2.75, 3.05) is 20.2 Å². The van der Waals surface area contributed by atoms with Crippen LogP contribution >= 0.6 is 0 Å². The Labute approximate surface area is 155 Å². The average Bonchev–Trinajstić information content (AvgIpc) is 3.19. The van der Waals surface area contributed by atoms with Crippen molar-refractivity contribution in [2.24, 2.45) is 5.92 Å². The van der Waals surface area contributed by atoms with Gasteiger partial charge in [0.05, 0.1) is 12.6 Å². The van der Waals surface area contributed by atoms with E-state index in [1.54, 1.807) is 7.11 Å². The summed E-state index contributed by atoms with van der Waals surface area (Å²) in [5.74, 6) is 2.57. The molecular formula is C20H29N5O. The molecule has 0 atom stereocenters. The molecule has 1 aromatic carbocycles. The zero-order chi connectivity index (χ0) is 18.0. The minimum atomic E-state index is -0.0583. The number of hydrogen-bond acceptors (Lipinski definition) is 5. The fourth-order valence-electron chi connectivity index (χ4n) is 4.69. The van der Waals surface area contributed by atoms with Gasteiger partial charge in [0.2, 0.25) is 0 Å². The Kier molecular flexibility index (Phi) is 4.94. The van der Waals surface area contributed by atoms with Crippen LogP contribution in [0.5, 0.6) is 5.75 Å². The summed E-state index contributed by atoms with van der Waals surface area (Å²) in [6.45, 7) is 4.66. The predicted molar refractivity (Wildman–Crippen MR) is 100 cm³/mol. The second-order valence-electron chi connectivity index (χ2n) is 7.85. The molecular weight excluding hydrogens is 326 g/mol. The number of piperidine rings is 1. The molecule has 0 unspecified atom stereocenters. The maximum Gasteiger partial charge on any atom is 0.177 e. The van der Waals surface area contributed by atoms with Crippen molar-refractivity contribution in [1.29, 1.82) is 0 Å². The van der Waals surface area contributed by atoms with E-state index in [9.17, 15) is 0 Å². The lowest BCUT2D eigenvalue weighted by molar-refractivity contribution is 0.0109. The van der Waals surface area contributed by atoms with Gasteiger partial charge in [0.1, 0.15) is 11.4 Å². The summed E-state index contributed by atoms with van der Waals surface area (Å²) in [6, 6.07) is 8.00. The lowest BCUT2D eigenvalue weighted by Crippen LogP contribution is -2.52. The number of tetrazole rings is 1. The van der Waals surface area contributed by atoms with Gasteiger partial charge in [-0.2, -0.15) is 4.68 Å². The molecule has 0 radical (unpaired) electrons. The maximum atomic E-state index is 5.58. The first-order valence-corrected chi connectivity index (χ1v) is 9.92. The first-order valence-electron chi connectivity index (χ1n) is 9.92. The van der Waals surface area contributed by atoms with Gasteiger partial charge in [-0.05, 0) is 80.1 Å². The normalized spacial score (nSPS) is 27.4. The third-order valence-corrected chi connectivity index (χ3v) is 6.26. The number of benzene rings is 1. The van der Waals surface area contributed by atoms with Gasteiger partial charge in [-0.1, -0.05) is 25.5 Å². The van der Waals surface area contributed by atoms with Crippen LogP contribution in [0.3, 0.4) is 0 Å². The molecule has 0 N–H and O–H groups in total. The van der Waals surface area contributed by atoms with E-state index in [0.29, 0.717) is 0 Å². The SMILES string of the molecule is COc1ccccc1-n1nnnc1C1(N2CCCCC2)CCC(C)CC1. The fraction of sp³-hybridized carbons (Fsp3) is 0.650. The van der Waals surface area contributed by atoms with Crippen molar-refractivity contribution < 1.29 is 4.74 Å². The van der Waals surface area contributed by atoms with Gasteiger partial charge in [0.15, 0.2) is 5.82 Å². The Morgan fingerprint density at radius 3 is 2.54 bits per heavy atom. The molecule has 2 heterocycles. The Morgan fingerprint density at radius 2 is 1.81 bits per heavy atom. The summed E-state index contributed by atoms with van der Waals surface area (Å²) in [5.41, 5.74) is 0.863. The Hall–Kier alpha value is -1.95. The second kappa shape index (κ2) is 7.35. The van der Waals surface area contributed by atoms with E-state index >= 15 is 0 Å². The van der Waals surface area contributed by atoms with Crippen LogP contribution in [0.4, 0.5) is 0 Å². The Morgan fingerprint density at radius 1 is 1.08 bits per heavy atom.